The minimum absolute atomic E-state index is 0.408. The molecule has 23 heavy (non-hydrogen) atoms. The number of hydrogen-bond donors (Lipinski definition) is 0. The van der Waals surface area contributed by atoms with Gasteiger partial charge >= 0.3 is 6.09 Å². The van der Waals surface area contributed by atoms with E-state index in [4.69, 9.17) is 16.3 Å². The molecule has 0 spiro atoms. The lowest BCUT2D eigenvalue weighted by atomic mass is 10.1. The summed E-state index contributed by atoms with van der Waals surface area (Å²) in [5.74, 6) is 0. The number of ether oxygens (including phenoxy) is 1. The minimum Gasteiger partial charge on any atom is -0.443 e. The highest BCUT2D eigenvalue weighted by atomic mass is 35.5. The van der Waals surface area contributed by atoms with Crippen LogP contribution in [-0.4, -0.2) is 21.2 Å². The fourth-order valence-corrected chi connectivity index (χ4v) is 2.52. The molecular formula is C18H17ClN2O2. The molecule has 0 fully saturated rings. The predicted octanol–water partition coefficient (Wildman–Crippen LogP) is 5.14. The largest absolute Gasteiger partial charge is 0.443 e. The second-order valence-electron chi connectivity index (χ2n) is 6.29. The molecule has 0 aliphatic carbocycles. The molecule has 0 N–H and O–H groups in total. The number of carbonyl (C=O) groups is 1. The van der Waals surface area contributed by atoms with Crippen LogP contribution in [0.1, 0.15) is 20.8 Å². The van der Waals surface area contributed by atoms with E-state index >= 15 is 0 Å². The Bertz CT molecular complexity index is 861. The molecule has 3 rings (SSSR count). The molecule has 2 aromatic heterocycles. The molecule has 118 valence electrons. The second-order valence-corrected chi connectivity index (χ2v) is 6.73. The van der Waals surface area contributed by atoms with Crippen LogP contribution < -0.4 is 0 Å². The van der Waals surface area contributed by atoms with Gasteiger partial charge in [-0.05, 0) is 44.5 Å². The van der Waals surface area contributed by atoms with Gasteiger partial charge in [-0.3, -0.25) is 9.55 Å². The lowest BCUT2D eigenvalue weighted by Gasteiger charge is -2.19. The van der Waals surface area contributed by atoms with Crippen molar-refractivity contribution >= 4 is 28.6 Å². The van der Waals surface area contributed by atoms with E-state index in [9.17, 15) is 4.79 Å². The van der Waals surface area contributed by atoms with E-state index in [1.54, 1.807) is 24.7 Å². The third-order valence-electron chi connectivity index (χ3n) is 3.35. The van der Waals surface area contributed by atoms with E-state index in [0.29, 0.717) is 5.02 Å². The third kappa shape index (κ3) is 3.22. The van der Waals surface area contributed by atoms with Crippen molar-refractivity contribution in [1.29, 1.82) is 0 Å². The van der Waals surface area contributed by atoms with Crippen LogP contribution in [0.3, 0.4) is 0 Å². The first-order chi connectivity index (χ1) is 10.8. The highest BCUT2D eigenvalue weighted by Gasteiger charge is 2.21. The van der Waals surface area contributed by atoms with Crippen LogP contribution in [0.15, 0.2) is 48.9 Å². The molecule has 0 atom stereocenters. The summed E-state index contributed by atoms with van der Waals surface area (Å²) < 4.78 is 7.00. The molecule has 2 heterocycles. The summed E-state index contributed by atoms with van der Waals surface area (Å²) in [7, 11) is 0. The molecule has 0 radical (unpaired) electrons. The van der Waals surface area contributed by atoms with Crippen LogP contribution in [0.25, 0.3) is 22.0 Å². The Balaban J connectivity index is 2.14. The number of carbonyl (C=O) groups excluding carboxylic acids is 1. The van der Waals surface area contributed by atoms with E-state index in [2.05, 4.69) is 4.98 Å². The van der Waals surface area contributed by atoms with E-state index < -0.39 is 11.7 Å². The Morgan fingerprint density at radius 1 is 1.17 bits per heavy atom. The van der Waals surface area contributed by atoms with E-state index in [0.717, 1.165) is 22.0 Å². The van der Waals surface area contributed by atoms with Gasteiger partial charge < -0.3 is 4.74 Å². The van der Waals surface area contributed by atoms with Gasteiger partial charge in [0.1, 0.15) is 5.60 Å². The maximum Gasteiger partial charge on any atom is 0.419 e. The van der Waals surface area contributed by atoms with Crippen LogP contribution >= 0.6 is 11.6 Å². The zero-order chi connectivity index (χ0) is 16.6. The summed E-state index contributed by atoms with van der Waals surface area (Å²) in [6.45, 7) is 5.54. The molecule has 0 unspecified atom stereocenters. The normalized spacial score (nSPS) is 11.7. The monoisotopic (exact) mass is 328 g/mol. The Kier molecular flexibility index (Phi) is 3.86. The molecule has 4 nitrogen and oxygen atoms in total. The summed E-state index contributed by atoms with van der Waals surface area (Å²) >= 11 is 5.95. The van der Waals surface area contributed by atoms with Crippen molar-refractivity contribution in [2.45, 2.75) is 26.4 Å². The maximum atomic E-state index is 12.5. The summed E-state index contributed by atoms with van der Waals surface area (Å²) in [5.41, 5.74) is 2.09. The minimum atomic E-state index is -0.554. The number of aromatic nitrogens is 2. The average molecular weight is 329 g/mol. The third-order valence-corrected chi connectivity index (χ3v) is 3.60. The first kappa shape index (κ1) is 15.6. The van der Waals surface area contributed by atoms with Crippen molar-refractivity contribution in [3.63, 3.8) is 0 Å². The van der Waals surface area contributed by atoms with Gasteiger partial charge in [0.05, 0.1) is 5.52 Å². The molecule has 0 aliphatic heterocycles. The Morgan fingerprint density at radius 3 is 2.52 bits per heavy atom. The fourth-order valence-electron chi connectivity index (χ4n) is 2.39. The summed E-state index contributed by atoms with van der Waals surface area (Å²) in [6, 6.07) is 9.29. The standard InChI is InChI=1S/C18H17ClN2O2/c1-18(2,3)23-17(22)21-11-15(12-4-6-13(19)7-5-12)14-10-20-9-8-16(14)21/h4-11H,1-3H3. The number of pyridine rings is 1. The Labute approximate surface area is 139 Å². The lowest BCUT2D eigenvalue weighted by molar-refractivity contribution is 0.0544. The molecule has 0 bridgehead atoms. The first-order valence-electron chi connectivity index (χ1n) is 7.29. The molecule has 1 aromatic carbocycles. The fraction of sp³-hybridized carbons (Fsp3) is 0.222. The van der Waals surface area contributed by atoms with Crippen molar-refractivity contribution in [3.8, 4) is 11.1 Å². The highest BCUT2D eigenvalue weighted by molar-refractivity contribution is 6.30. The van der Waals surface area contributed by atoms with Crippen molar-refractivity contribution in [1.82, 2.24) is 9.55 Å². The van der Waals surface area contributed by atoms with Crippen LogP contribution in [0.5, 0.6) is 0 Å². The van der Waals surface area contributed by atoms with Crippen molar-refractivity contribution < 1.29 is 9.53 Å². The summed E-state index contributed by atoms with van der Waals surface area (Å²) in [5, 5.41) is 1.56. The smallest absolute Gasteiger partial charge is 0.419 e. The first-order valence-corrected chi connectivity index (χ1v) is 7.67. The van der Waals surface area contributed by atoms with Crippen LogP contribution in [0.2, 0.25) is 5.02 Å². The second kappa shape index (κ2) is 5.70. The van der Waals surface area contributed by atoms with Gasteiger partial charge in [-0.2, -0.15) is 0 Å². The molecule has 3 aromatic rings. The maximum absolute atomic E-state index is 12.5. The Morgan fingerprint density at radius 2 is 1.87 bits per heavy atom. The molecule has 0 aliphatic rings. The molecule has 0 saturated heterocycles. The summed E-state index contributed by atoms with van der Waals surface area (Å²) in [4.78, 5) is 16.6. The number of nitrogens with zero attached hydrogens (tertiary/aromatic N) is 2. The number of benzene rings is 1. The van der Waals surface area contributed by atoms with Crippen LogP contribution in [-0.2, 0) is 4.74 Å². The Hall–Kier alpha value is -2.33. The van der Waals surface area contributed by atoms with Gasteiger partial charge in [0.2, 0.25) is 0 Å². The summed E-state index contributed by atoms with van der Waals surface area (Å²) in [6.07, 6.45) is 4.78. The quantitative estimate of drug-likeness (QED) is 0.621. The molecule has 0 amide bonds. The van der Waals surface area contributed by atoms with Crippen LogP contribution in [0.4, 0.5) is 4.79 Å². The van der Waals surface area contributed by atoms with E-state index in [-0.39, 0.29) is 0 Å². The molecule has 5 heteroatoms. The van der Waals surface area contributed by atoms with Gasteiger partial charge in [0.15, 0.2) is 0 Å². The van der Waals surface area contributed by atoms with Gasteiger partial charge in [-0.15, -0.1) is 0 Å². The number of halogens is 1. The predicted molar refractivity (Wildman–Crippen MR) is 91.8 cm³/mol. The number of hydrogen-bond acceptors (Lipinski definition) is 3. The zero-order valence-corrected chi connectivity index (χ0v) is 14.0. The van der Waals surface area contributed by atoms with Gasteiger partial charge in [-0.25, -0.2) is 4.79 Å². The van der Waals surface area contributed by atoms with E-state index in [1.165, 1.54) is 4.57 Å². The van der Waals surface area contributed by atoms with E-state index in [1.807, 2.05) is 45.0 Å². The molecular weight excluding hydrogens is 312 g/mol. The molecule has 0 saturated carbocycles. The highest BCUT2D eigenvalue weighted by Crippen LogP contribution is 2.31. The number of fused-ring (bicyclic) bond motifs is 1. The number of rotatable bonds is 1. The lowest BCUT2D eigenvalue weighted by Crippen LogP contribution is -2.26. The van der Waals surface area contributed by atoms with Crippen molar-refractivity contribution in [2.75, 3.05) is 0 Å². The van der Waals surface area contributed by atoms with Gasteiger partial charge in [0.25, 0.3) is 0 Å². The van der Waals surface area contributed by atoms with Crippen molar-refractivity contribution in [2.24, 2.45) is 0 Å². The SMILES string of the molecule is CC(C)(C)OC(=O)n1cc(-c2ccc(Cl)cc2)c2cnccc21. The zero-order valence-electron chi connectivity index (χ0n) is 13.2. The van der Waals surface area contributed by atoms with Crippen molar-refractivity contribution in [3.05, 3.63) is 53.9 Å². The average Bonchev–Trinajstić information content (AvgIpc) is 2.86. The van der Waals surface area contributed by atoms with Gasteiger partial charge in [0, 0.05) is 34.6 Å². The van der Waals surface area contributed by atoms with Crippen LogP contribution in [0, 0.1) is 0 Å². The topological polar surface area (TPSA) is 44.1 Å². The van der Waals surface area contributed by atoms with Gasteiger partial charge in [-0.1, -0.05) is 23.7 Å².